The minimum absolute atomic E-state index is 0.0116. The predicted octanol–water partition coefficient (Wildman–Crippen LogP) is 3.60. The van der Waals surface area contributed by atoms with Crippen molar-refractivity contribution < 1.29 is 17.9 Å². The van der Waals surface area contributed by atoms with Crippen molar-refractivity contribution in [2.75, 3.05) is 26.0 Å². The summed E-state index contributed by atoms with van der Waals surface area (Å²) in [6.45, 7) is -0.439. The maximum Gasteiger partial charge on any atom is 0.244 e. The molecule has 0 bridgehead atoms. The van der Waals surface area contributed by atoms with E-state index in [1.54, 1.807) is 29.6 Å². The van der Waals surface area contributed by atoms with Crippen LogP contribution >= 0.6 is 22.9 Å². The zero-order chi connectivity index (χ0) is 22.6. The fraction of sp³-hybridized carbons (Fsp3) is 0.150. The number of nitriles is 1. The predicted molar refractivity (Wildman–Crippen MR) is 119 cm³/mol. The maximum atomic E-state index is 12.7. The van der Waals surface area contributed by atoms with Crippen LogP contribution in [0.4, 0.5) is 5.13 Å². The highest BCUT2D eigenvalue weighted by Gasteiger charge is 2.25. The average molecular weight is 477 g/mol. The van der Waals surface area contributed by atoms with Crippen LogP contribution in [-0.2, 0) is 14.8 Å². The number of carbonyl (C=O) groups excluding carboxylic acids is 1. The number of aromatic nitrogens is 1. The Bertz CT molecular complexity index is 1270. The van der Waals surface area contributed by atoms with E-state index in [4.69, 9.17) is 21.6 Å². The molecule has 1 aromatic heterocycles. The molecule has 8 nitrogen and oxygen atoms in total. The second kappa shape index (κ2) is 9.45. The molecule has 0 radical (unpaired) electrons. The molecule has 1 heterocycles. The number of methoxy groups -OCH3 is 1. The van der Waals surface area contributed by atoms with Crippen molar-refractivity contribution in [3.8, 4) is 23.1 Å². The first kappa shape index (κ1) is 22.7. The SMILES string of the molecule is COc1ccc(-c2csc(NC(=O)CN(C)S(=O)(=O)c3ccccc3C#N)n2)cc1Cl. The van der Waals surface area contributed by atoms with Crippen LogP contribution in [0.2, 0.25) is 5.02 Å². The summed E-state index contributed by atoms with van der Waals surface area (Å²) in [5, 5.41) is 14.2. The highest BCUT2D eigenvalue weighted by Crippen LogP contribution is 2.31. The Morgan fingerprint density at radius 3 is 2.74 bits per heavy atom. The van der Waals surface area contributed by atoms with Crippen LogP contribution in [0.3, 0.4) is 0 Å². The van der Waals surface area contributed by atoms with E-state index in [9.17, 15) is 13.2 Å². The monoisotopic (exact) mass is 476 g/mol. The number of sulfonamides is 1. The summed E-state index contributed by atoms with van der Waals surface area (Å²) in [5.74, 6) is -0.0226. The van der Waals surface area contributed by atoms with Gasteiger partial charge in [-0.25, -0.2) is 13.4 Å². The summed E-state index contributed by atoms with van der Waals surface area (Å²) in [5.41, 5.74) is 1.36. The third kappa shape index (κ3) is 5.03. The Kier molecular flexibility index (Phi) is 6.92. The topological polar surface area (TPSA) is 112 Å². The fourth-order valence-electron chi connectivity index (χ4n) is 2.69. The number of amides is 1. The van der Waals surface area contributed by atoms with Gasteiger partial charge in [0.05, 0.1) is 34.8 Å². The molecule has 1 N–H and O–H groups in total. The zero-order valence-electron chi connectivity index (χ0n) is 16.5. The number of likely N-dealkylation sites (N-methyl/N-ethyl adjacent to an activating group) is 1. The van der Waals surface area contributed by atoms with Crippen molar-refractivity contribution >= 4 is 44.0 Å². The highest BCUT2D eigenvalue weighted by molar-refractivity contribution is 7.89. The van der Waals surface area contributed by atoms with Gasteiger partial charge in [0.2, 0.25) is 15.9 Å². The van der Waals surface area contributed by atoms with Crippen LogP contribution in [0.5, 0.6) is 5.75 Å². The van der Waals surface area contributed by atoms with Gasteiger partial charge in [-0.3, -0.25) is 4.79 Å². The van der Waals surface area contributed by atoms with Gasteiger partial charge in [0.25, 0.3) is 0 Å². The Morgan fingerprint density at radius 2 is 2.06 bits per heavy atom. The van der Waals surface area contributed by atoms with E-state index in [0.717, 1.165) is 9.87 Å². The number of nitrogens with zero attached hydrogens (tertiary/aromatic N) is 3. The molecule has 0 aliphatic carbocycles. The molecule has 0 unspecified atom stereocenters. The molecule has 0 atom stereocenters. The number of halogens is 1. The van der Waals surface area contributed by atoms with Gasteiger partial charge in [0.1, 0.15) is 11.8 Å². The van der Waals surface area contributed by atoms with Gasteiger partial charge in [-0.15, -0.1) is 11.3 Å². The van der Waals surface area contributed by atoms with Gasteiger partial charge in [-0.1, -0.05) is 23.7 Å². The molecule has 11 heteroatoms. The van der Waals surface area contributed by atoms with E-state index in [-0.39, 0.29) is 10.5 Å². The quantitative estimate of drug-likeness (QED) is 0.557. The number of nitrogens with one attached hydrogen (secondary N) is 1. The van der Waals surface area contributed by atoms with E-state index in [1.165, 1.54) is 43.7 Å². The third-order valence-corrected chi connectivity index (χ3v) is 7.17. The van der Waals surface area contributed by atoms with Crippen molar-refractivity contribution in [2.45, 2.75) is 4.90 Å². The number of rotatable bonds is 7. The van der Waals surface area contributed by atoms with Crippen LogP contribution in [0.1, 0.15) is 5.56 Å². The molecule has 0 saturated carbocycles. The maximum absolute atomic E-state index is 12.7. The lowest BCUT2D eigenvalue weighted by Crippen LogP contribution is -2.35. The first-order valence-electron chi connectivity index (χ1n) is 8.81. The lowest BCUT2D eigenvalue weighted by molar-refractivity contribution is -0.116. The Labute approximate surface area is 188 Å². The number of hydrogen-bond donors (Lipinski definition) is 1. The first-order valence-corrected chi connectivity index (χ1v) is 11.5. The Hall–Kier alpha value is -2.97. The minimum atomic E-state index is -4.01. The Morgan fingerprint density at radius 1 is 1.32 bits per heavy atom. The number of anilines is 1. The first-order chi connectivity index (χ1) is 14.8. The lowest BCUT2D eigenvalue weighted by Gasteiger charge is -2.17. The largest absolute Gasteiger partial charge is 0.495 e. The molecule has 0 spiro atoms. The van der Waals surface area contributed by atoms with Crippen molar-refractivity contribution in [1.82, 2.24) is 9.29 Å². The molecular formula is C20H17ClN4O4S2. The van der Waals surface area contributed by atoms with Crippen molar-refractivity contribution in [2.24, 2.45) is 0 Å². The van der Waals surface area contributed by atoms with Crippen molar-refractivity contribution in [1.29, 1.82) is 5.26 Å². The van der Waals surface area contributed by atoms with Crippen LogP contribution in [0.25, 0.3) is 11.3 Å². The molecule has 31 heavy (non-hydrogen) atoms. The summed E-state index contributed by atoms with van der Waals surface area (Å²) < 4.78 is 31.5. The van der Waals surface area contributed by atoms with Crippen LogP contribution in [0.15, 0.2) is 52.7 Å². The molecule has 0 aliphatic rings. The summed E-state index contributed by atoms with van der Waals surface area (Å²) in [6, 6.07) is 12.9. The third-order valence-electron chi connectivity index (χ3n) is 4.26. The van der Waals surface area contributed by atoms with Gasteiger partial charge >= 0.3 is 0 Å². The van der Waals surface area contributed by atoms with E-state index < -0.39 is 22.5 Å². The van der Waals surface area contributed by atoms with Crippen LogP contribution < -0.4 is 10.1 Å². The lowest BCUT2D eigenvalue weighted by atomic mass is 10.2. The summed E-state index contributed by atoms with van der Waals surface area (Å²) >= 11 is 7.34. The molecule has 160 valence electrons. The summed E-state index contributed by atoms with van der Waals surface area (Å²) in [7, 11) is -1.22. The number of benzene rings is 2. The normalized spacial score (nSPS) is 11.2. The number of ether oxygens (including phenoxy) is 1. The standard InChI is InChI=1S/C20H17ClN4O4S2/c1-25(31(27,28)18-6-4-3-5-14(18)10-22)11-19(26)24-20-23-16(12-30-20)13-7-8-17(29-2)15(21)9-13/h3-9,12H,11H2,1-2H3,(H,23,24,26). The second-order valence-electron chi connectivity index (χ2n) is 6.30. The average Bonchev–Trinajstić information content (AvgIpc) is 3.21. The molecule has 0 saturated heterocycles. The molecule has 2 aromatic carbocycles. The van der Waals surface area contributed by atoms with E-state index >= 15 is 0 Å². The fourth-order valence-corrected chi connectivity index (χ4v) is 4.95. The van der Waals surface area contributed by atoms with Gasteiger partial charge in [-0.2, -0.15) is 9.57 Å². The molecule has 3 rings (SSSR count). The van der Waals surface area contributed by atoms with Gasteiger partial charge < -0.3 is 10.1 Å². The molecule has 0 aliphatic heterocycles. The second-order valence-corrected chi connectivity index (χ2v) is 9.58. The van der Waals surface area contributed by atoms with E-state index in [0.29, 0.717) is 21.6 Å². The summed E-state index contributed by atoms with van der Waals surface area (Å²) in [4.78, 5) is 16.6. The zero-order valence-corrected chi connectivity index (χ0v) is 18.9. The minimum Gasteiger partial charge on any atom is -0.495 e. The van der Waals surface area contributed by atoms with Crippen molar-refractivity contribution in [3.63, 3.8) is 0 Å². The Balaban J connectivity index is 1.70. The molecule has 1 amide bonds. The van der Waals surface area contributed by atoms with E-state index in [1.807, 2.05) is 6.07 Å². The molecule has 0 fully saturated rings. The molecular weight excluding hydrogens is 460 g/mol. The highest BCUT2D eigenvalue weighted by atomic mass is 35.5. The van der Waals surface area contributed by atoms with Crippen LogP contribution in [-0.4, -0.2) is 44.3 Å². The number of carbonyl (C=O) groups is 1. The van der Waals surface area contributed by atoms with Gasteiger partial charge in [0, 0.05) is 18.0 Å². The molecule has 3 aromatic rings. The smallest absolute Gasteiger partial charge is 0.244 e. The van der Waals surface area contributed by atoms with Gasteiger partial charge in [0.15, 0.2) is 5.13 Å². The van der Waals surface area contributed by atoms with Gasteiger partial charge in [-0.05, 0) is 30.3 Å². The van der Waals surface area contributed by atoms with Crippen molar-refractivity contribution in [3.05, 3.63) is 58.4 Å². The van der Waals surface area contributed by atoms with Crippen LogP contribution in [0, 0.1) is 11.3 Å². The number of thiazole rings is 1. The van der Waals surface area contributed by atoms with E-state index in [2.05, 4.69) is 10.3 Å². The summed E-state index contributed by atoms with van der Waals surface area (Å²) in [6.07, 6.45) is 0. The number of hydrogen-bond acceptors (Lipinski definition) is 7.